The molecule has 0 fully saturated rings. The molecule has 1 N–H and O–H groups in total. The third kappa shape index (κ3) is 4.38. The van der Waals surface area contributed by atoms with E-state index in [1.54, 1.807) is 0 Å². The summed E-state index contributed by atoms with van der Waals surface area (Å²) in [6, 6.07) is 0. The third-order valence-electron chi connectivity index (χ3n) is 0.898. The molecule has 0 unspecified atom stereocenters. The predicted molar refractivity (Wildman–Crippen MR) is 41.1 cm³/mol. The summed E-state index contributed by atoms with van der Waals surface area (Å²) in [5.41, 5.74) is 0. The fraction of sp³-hybridized carbons (Fsp3) is 0.500. The number of carboxylic acid groups (broad SMARTS) is 1. The van der Waals surface area contributed by atoms with Crippen LogP contribution in [-0.4, -0.2) is 23.5 Å². The van der Waals surface area contributed by atoms with Gasteiger partial charge in [-0.05, 0) is 6.08 Å². The summed E-state index contributed by atoms with van der Waals surface area (Å²) < 4.78 is 4.80. The fourth-order valence-corrected chi connectivity index (χ4v) is 0.851. The van der Waals surface area contributed by atoms with Gasteiger partial charge in [-0.15, -0.1) is 0 Å². The van der Waals surface area contributed by atoms with E-state index in [0.29, 0.717) is 11.1 Å². The molecule has 0 bridgehead atoms. The summed E-state index contributed by atoms with van der Waals surface area (Å²) >= 11 is 3.14. The van der Waals surface area contributed by atoms with E-state index in [0.717, 1.165) is 0 Å². The van der Waals surface area contributed by atoms with Crippen LogP contribution in [0, 0.1) is 0 Å². The van der Waals surface area contributed by atoms with Gasteiger partial charge in [0.25, 0.3) is 0 Å². The molecule has 0 saturated heterocycles. The fourth-order valence-electron chi connectivity index (χ4n) is 0.394. The van der Waals surface area contributed by atoms with E-state index in [-0.39, 0.29) is 6.42 Å². The molecule has 0 heterocycles. The van der Waals surface area contributed by atoms with Crippen molar-refractivity contribution in [3.05, 3.63) is 11.8 Å². The second-order valence-electron chi connectivity index (χ2n) is 1.61. The Balaban J connectivity index is 3.74. The molecule has 0 aromatic carbocycles. The van der Waals surface area contributed by atoms with E-state index < -0.39 is 5.97 Å². The minimum absolute atomic E-state index is 0.00870. The zero-order chi connectivity index (χ0) is 7.98. The smallest absolute Gasteiger partial charge is 0.307 e. The van der Waals surface area contributed by atoms with E-state index >= 15 is 0 Å². The third-order valence-corrected chi connectivity index (χ3v) is 1.45. The Morgan fingerprint density at radius 1 is 1.80 bits per heavy atom. The standard InChI is InChI=1S/C6H9BrO3/c1-10-5(4-7)2-3-6(8)9/h2H,3-4H2,1H3,(H,8,9). The van der Waals surface area contributed by atoms with Crippen LogP contribution in [0.3, 0.4) is 0 Å². The quantitative estimate of drug-likeness (QED) is 0.562. The van der Waals surface area contributed by atoms with Crippen molar-refractivity contribution in [1.29, 1.82) is 0 Å². The summed E-state index contributed by atoms with van der Waals surface area (Å²) in [4.78, 5) is 10.0. The average molecular weight is 209 g/mol. The molecule has 0 radical (unpaired) electrons. The summed E-state index contributed by atoms with van der Waals surface area (Å²) in [5.74, 6) is -0.210. The topological polar surface area (TPSA) is 46.5 Å². The zero-order valence-electron chi connectivity index (χ0n) is 5.63. The molecule has 0 aliphatic heterocycles. The zero-order valence-corrected chi connectivity index (χ0v) is 7.22. The van der Waals surface area contributed by atoms with E-state index in [2.05, 4.69) is 15.9 Å². The molecule has 10 heavy (non-hydrogen) atoms. The minimum atomic E-state index is -0.851. The first kappa shape index (κ1) is 9.49. The molecule has 0 aromatic heterocycles. The van der Waals surface area contributed by atoms with E-state index in [9.17, 15) is 4.79 Å². The van der Waals surface area contributed by atoms with Gasteiger partial charge in [-0.1, -0.05) is 15.9 Å². The maximum Gasteiger partial charge on any atom is 0.307 e. The second-order valence-corrected chi connectivity index (χ2v) is 2.17. The second kappa shape index (κ2) is 5.29. The molecule has 0 amide bonds. The largest absolute Gasteiger partial charge is 0.501 e. The van der Waals surface area contributed by atoms with Crippen molar-refractivity contribution in [2.24, 2.45) is 0 Å². The van der Waals surface area contributed by atoms with Gasteiger partial charge in [-0.2, -0.15) is 0 Å². The van der Waals surface area contributed by atoms with E-state index in [1.165, 1.54) is 13.2 Å². The molecular formula is C6H9BrO3. The summed E-state index contributed by atoms with van der Waals surface area (Å²) in [7, 11) is 1.51. The minimum Gasteiger partial charge on any atom is -0.501 e. The van der Waals surface area contributed by atoms with Crippen LogP contribution in [0.5, 0.6) is 0 Å². The van der Waals surface area contributed by atoms with Gasteiger partial charge in [0.05, 0.1) is 18.9 Å². The summed E-state index contributed by atoms with van der Waals surface area (Å²) in [5, 5.41) is 8.79. The molecule has 4 heteroatoms. The van der Waals surface area contributed by atoms with Gasteiger partial charge in [0, 0.05) is 0 Å². The normalized spacial score (nSPS) is 11.2. The van der Waals surface area contributed by atoms with Crippen LogP contribution >= 0.6 is 15.9 Å². The number of halogens is 1. The molecule has 0 aromatic rings. The number of carbonyl (C=O) groups is 1. The monoisotopic (exact) mass is 208 g/mol. The van der Waals surface area contributed by atoms with Crippen LogP contribution < -0.4 is 0 Å². The van der Waals surface area contributed by atoms with Crippen molar-refractivity contribution in [3.8, 4) is 0 Å². The number of hydrogen-bond acceptors (Lipinski definition) is 2. The van der Waals surface area contributed by atoms with Crippen molar-refractivity contribution in [1.82, 2.24) is 0 Å². The van der Waals surface area contributed by atoms with Crippen molar-refractivity contribution < 1.29 is 14.6 Å². The van der Waals surface area contributed by atoms with Gasteiger partial charge in [0.1, 0.15) is 5.76 Å². The highest BCUT2D eigenvalue weighted by molar-refractivity contribution is 9.09. The molecule has 3 nitrogen and oxygen atoms in total. The summed E-state index contributed by atoms with van der Waals surface area (Å²) in [6.45, 7) is 0. The Kier molecular flexibility index (Phi) is 5.02. The van der Waals surface area contributed by atoms with Crippen LogP contribution in [-0.2, 0) is 9.53 Å². The van der Waals surface area contributed by atoms with Gasteiger partial charge in [0.15, 0.2) is 0 Å². The van der Waals surface area contributed by atoms with E-state index in [1.807, 2.05) is 0 Å². The lowest BCUT2D eigenvalue weighted by molar-refractivity contribution is -0.136. The van der Waals surface area contributed by atoms with Crippen LogP contribution in [0.25, 0.3) is 0 Å². The molecule has 58 valence electrons. The van der Waals surface area contributed by atoms with Crippen molar-refractivity contribution in [2.45, 2.75) is 6.42 Å². The molecule has 0 spiro atoms. The number of carboxylic acids is 1. The molecule has 0 saturated carbocycles. The maximum atomic E-state index is 10.0. The Morgan fingerprint density at radius 3 is 2.70 bits per heavy atom. The van der Waals surface area contributed by atoms with Gasteiger partial charge in [-0.25, -0.2) is 0 Å². The van der Waals surface area contributed by atoms with Crippen LogP contribution in [0.15, 0.2) is 11.8 Å². The summed E-state index contributed by atoms with van der Waals surface area (Å²) in [6.07, 6.45) is 1.53. The Hall–Kier alpha value is -0.510. The van der Waals surface area contributed by atoms with Crippen molar-refractivity contribution >= 4 is 21.9 Å². The number of hydrogen-bond donors (Lipinski definition) is 1. The number of rotatable bonds is 4. The van der Waals surface area contributed by atoms with Gasteiger partial charge in [0.2, 0.25) is 0 Å². The lowest BCUT2D eigenvalue weighted by Gasteiger charge is -1.98. The first-order valence-corrected chi connectivity index (χ1v) is 3.83. The van der Waals surface area contributed by atoms with Crippen LogP contribution in [0.1, 0.15) is 6.42 Å². The number of ether oxygens (including phenoxy) is 1. The van der Waals surface area contributed by atoms with E-state index in [4.69, 9.17) is 9.84 Å². The highest BCUT2D eigenvalue weighted by Gasteiger charge is 1.95. The Labute approximate surface area is 67.8 Å². The lowest BCUT2D eigenvalue weighted by atomic mass is 10.4. The number of methoxy groups -OCH3 is 1. The van der Waals surface area contributed by atoms with Gasteiger partial charge in [-0.3, -0.25) is 4.79 Å². The van der Waals surface area contributed by atoms with Crippen molar-refractivity contribution in [2.75, 3.05) is 12.4 Å². The molecule has 0 aliphatic rings. The highest BCUT2D eigenvalue weighted by atomic mass is 79.9. The number of allylic oxidation sites excluding steroid dienone is 1. The molecule has 0 atom stereocenters. The predicted octanol–water partition coefficient (Wildman–Crippen LogP) is 1.39. The molecular weight excluding hydrogens is 200 g/mol. The Bertz CT molecular complexity index is 136. The molecule has 0 rings (SSSR count). The van der Waals surface area contributed by atoms with Crippen LogP contribution in [0.2, 0.25) is 0 Å². The lowest BCUT2D eigenvalue weighted by Crippen LogP contribution is -1.94. The maximum absolute atomic E-state index is 10.0. The van der Waals surface area contributed by atoms with Gasteiger partial charge < -0.3 is 9.84 Å². The number of aliphatic carboxylic acids is 1. The number of alkyl halides is 1. The van der Waals surface area contributed by atoms with Crippen LogP contribution in [0.4, 0.5) is 0 Å². The first-order valence-electron chi connectivity index (χ1n) is 2.71. The first-order chi connectivity index (χ1) is 4.70. The Morgan fingerprint density at radius 2 is 2.40 bits per heavy atom. The molecule has 0 aliphatic carbocycles. The van der Waals surface area contributed by atoms with Gasteiger partial charge >= 0.3 is 5.97 Å². The average Bonchev–Trinajstić information content (AvgIpc) is 1.90. The SMILES string of the molecule is COC(=CCC(=O)O)CBr. The van der Waals surface area contributed by atoms with Crippen molar-refractivity contribution in [3.63, 3.8) is 0 Å². The highest BCUT2D eigenvalue weighted by Crippen LogP contribution is 2.01.